The Morgan fingerprint density at radius 2 is 2.22 bits per heavy atom. The van der Waals surface area contributed by atoms with Crippen molar-refractivity contribution in [3.05, 3.63) is 0 Å². The molecule has 1 saturated carbocycles. The minimum Gasteiger partial charge on any atom is -0.291 e. The van der Waals surface area contributed by atoms with Crippen molar-refractivity contribution in [1.29, 1.82) is 0 Å². The second-order valence-corrected chi connectivity index (χ2v) is 2.80. The van der Waals surface area contributed by atoms with Gasteiger partial charge in [0.05, 0.1) is 0 Å². The molecule has 0 N–H and O–H groups in total. The van der Waals surface area contributed by atoms with Gasteiger partial charge in [-0.3, -0.25) is 4.99 Å². The molecule has 0 saturated heterocycles. The lowest BCUT2D eigenvalue weighted by atomic mass is 9.94. The fourth-order valence-corrected chi connectivity index (χ4v) is 0.919. The molecule has 52 valence electrons. The zero-order valence-corrected chi connectivity index (χ0v) is 6.35. The third-order valence-electron chi connectivity index (χ3n) is 1.99. The van der Waals surface area contributed by atoms with E-state index in [-0.39, 0.29) is 0 Å². The molecule has 1 aliphatic rings. The van der Waals surface area contributed by atoms with Crippen molar-refractivity contribution in [1.82, 2.24) is 0 Å². The fourth-order valence-electron chi connectivity index (χ4n) is 0.919. The smallest absolute Gasteiger partial charge is 0.0498 e. The summed E-state index contributed by atoms with van der Waals surface area (Å²) in [6.45, 7) is 4.29. The van der Waals surface area contributed by atoms with Crippen LogP contribution in [0.15, 0.2) is 4.99 Å². The SMILES string of the molecule is CCC(C)=NC1CCC1. The fraction of sp³-hybridized carbons (Fsp3) is 0.875. The molecule has 0 amide bonds. The normalized spacial score (nSPS) is 21.8. The van der Waals surface area contributed by atoms with Crippen LogP contribution in [0.25, 0.3) is 0 Å². The summed E-state index contributed by atoms with van der Waals surface area (Å²) in [6.07, 6.45) is 5.18. The maximum atomic E-state index is 4.52. The molecule has 0 heterocycles. The van der Waals surface area contributed by atoms with Crippen LogP contribution in [0.4, 0.5) is 0 Å². The van der Waals surface area contributed by atoms with Crippen LogP contribution in [0.2, 0.25) is 0 Å². The van der Waals surface area contributed by atoms with Gasteiger partial charge in [0.1, 0.15) is 0 Å². The molecule has 1 nitrogen and oxygen atoms in total. The zero-order valence-electron chi connectivity index (χ0n) is 6.35. The van der Waals surface area contributed by atoms with Crippen LogP contribution in [0.3, 0.4) is 0 Å². The van der Waals surface area contributed by atoms with E-state index in [2.05, 4.69) is 18.8 Å². The Labute approximate surface area is 57.2 Å². The van der Waals surface area contributed by atoms with E-state index in [1.54, 1.807) is 0 Å². The van der Waals surface area contributed by atoms with E-state index in [1.165, 1.54) is 25.0 Å². The van der Waals surface area contributed by atoms with Crippen LogP contribution >= 0.6 is 0 Å². The molecule has 0 aromatic heterocycles. The first kappa shape index (κ1) is 6.79. The van der Waals surface area contributed by atoms with Crippen LogP contribution in [-0.4, -0.2) is 11.8 Å². The van der Waals surface area contributed by atoms with Crippen molar-refractivity contribution >= 4 is 5.71 Å². The van der Waals surface area contributed by atoms with Gasteiger partial charge in [0.2, 0.25) is 0 Å². The summed E-state index contributed by atoms with van der Waals surface area (Å²) in [5.74, 6) is 0. The van der Waals surface area contributed by atoms with Gasteiger partial charge in [0.15, 0.2) is 0 Å². The van der Waals surface area contributed by atoms with E-state index in [1.807, 2.05) is 0 Å². The van der Waals surface area contributed by atoms with Crippen LogP contribution in [-0.2, 0) is 0 Å². The summed E-state index contributed by atoms with van der Waals surface area (Å²) in [4.78, 5) is 4.52. The molecule has 1 heteroatoms. The zero-order chi connectivity index (χ0) is 6.69. The third-order valence-corrected chi connectivity index (χ3v) is 1.99. The molecule has 0 spiro atoms. The molecule has 0 bridgehead atoms. The van der Waals surface area contributed by atoms with E-state index < -0.39 is 0 Å². The highest BCUT2D eigenvalue weighted by Gasteiger charge is 2.15. The quantitative estimate of drug-likeness (QED) is 0.502. The van der Waals surface area contributed by atoms with E-state index in [9.17, 15) is 0 Å². The predicted octanol–water partition coefficient (Wildman–Crippen LogP) is 2.41. The largest absolute Gasteiger partial charge is 0.291 e. The number of hydrogen-bond donors (Lipinski definition) is 0. The highest BCUT2D eigenvalue weighted by atomic mass is 14.8. The lowest BCUT2D eigenvalue weighted by Crippen LogP contribution is -2.16. The van der Waals surface area contributed by atoms with Crippen molar-refractivity contribution in [3.8, 4) is 0 Å². The van der Waals surface area contributed by atoms with Crippen molar-refractivity contribution in [2.75, 3.05) is 0 Å². The number of aliphatic imine (C=N–C) groups is 1. The van der Waals surface area contributed by atoms with E-state index in [0.717, 1.165) is 6.42 Å². The van der Waals surface area contributed by atoms with Gasteiger partial charge in [-0.25, -0.2) is 0 Å². The van der Waals surface area contributed by atoms with Crippen molar-refractivity contribution in [2.45, 2.75) is 45.6 Å². The maximum absolute atomic E-state index is 4.52. The second-order valence-electron chi connectivity index (χ2n) is 2.80. The van der Waals surface area contributed by atoms with Crippen molar-refractivity contribution < 1.29 is 0 Å². The Kier molecular flexibility index (Phi) is 2.26. The molecule has 1 aliphatic carbocycles. The van der Waals surface area contributed by atoms with Crippen LogP contribution in [0.1, 0.15) is 39.5 Å². The lowest BCUT2D eigenvalue weighted by molar-refractivity contribution is 0.419. The standard InChI is InChI=1S/C8H15N/c1-3-7(2)9-8-5-4-6-8/h8H,3-6H2,1-2H3. The molecule has 1 fully saturated rings. The second kappa shape index (κ2) is 3.00. The van der Waals surface area contributed by atoms with E-state index >= 15 is 0 Å². The van der Waals surface area contributed by atoms with Crippen LogP contribution in [0.5, 0.6) is 0 Å². The van der Waals surface area contributed by atoms with Gasteiger partial charge in [-0.05, 0) is 32.6 Å². The topological polar surface area (TPSA) is 12.4 Å². The number of rotatable bonds is 2. The van der Waals surface area contributed by atoms with E-state index in [0.29, 0.717) is 6.04 Å². The van der Waals surface area contributed by atoms with Crippen LogP contribution < -0.4 is 0 Å². The summed E-state index contributed by atoms with van der Waals surface area (Å²) in [5, 5.41) is 0. The van der Waals surface area contributed by atoms with Gasteiger partial charge < -0.3 is 0 Å². The third kappa shape index (κ3) is 1.81. The minimum atomic E-state index is 0.699. The molecule has 0 unspecified atom stereocenters. The summed E-state index contributed by atoms with van der Waals surface area (Å²) in [5.41, 5.74) is 1.32. The Hall–Kier alpha value is -0.330. The highest BCUT2D eigenvalue weighted by Crippen LogP contribution is 2.22. The summed E-state index contributed by atoms with van der Waals surface area (Å²) < 4.78 is 0. The average molecular weight is 125 g/mol. The monoisotopic (exact) mass is 125 g/mol. The van der Waals surface area contributed by atoms with Crippen molar-refractivity contribution in [3.63, 3.8) is 0 Å². The van der Waals surface area contributed by atoms with E-state index in [4.69, 9.17) is 0 Å². The van der Waals surface area contributed by atoms with Gasteiger partial charge in [0.25, 0.3) is 0 Å². The van der Waals surface area contributed by atoms with Gasteiger partial charge >= 0.3 is 0 Å². The first-order chi connectivity index (χ1) is 4.33. The Morgan fingerprint density at radius 3 is 2.56 bits per heavy atom. The first-order valence-electron chi connectivity index (χ1n) is 3.86. The molecule has 0 aromatic rings. The van der Waals surface area contributed by atoms with Gasteiger partial charge in [-0.2, -0.15) is 0 Å². The lowest BCUT2D eigenvalue weighted by Gasteiger charge is -2.21. The summed E-state index contributed by atoms with van der Waals surface area (Å²) in [7, 11) is 0. The Balaban J connectivity index is 2.27. The molecule has 0 aromatic carbocycles. The van der Waals surface area contributed by atoms with Gasteiger partial charge in [0, 0.05) is 11.8 Å². The minimum absolute atomic E-state index is 0.699. The van der Waals surface area contributed by atoms with Gasteiger partial charge in [-0.1, -0.05) is 6.92 Å². The molecule has 1 rings (SSSR count). The number of nitrogens with zero attached hydrogens (tertiary/aromatic N) is 1. The van der Waals surface area contributed by atoms with Gasteiger partial charge in [-0.15, -0.1) is 0 Å². The highest BCUT2D eigenvalue weighted by molar-refractivity contribution is 5.81. The summed E-state index contributed by atoms with van der Waals surface area (Å²) >= 11 is 0. The molecule has 9 heavy (non-hydrogen) atoms. The Morgan fingerprint density at radius 1 is 1.56 bits per heavy atom. The maximum Gasteiger partial charge on any atom is 0.0498 e. The van der Waals surface area contributed by atoms with Crippen molar-refractivity contribution in [2.24, 2.45) is 4.99 Å². The molecule has 0 aliphatic heterocycles. The average Bonchev–Trinajstić information content (AvgIpc) is 1.78. The Bertz CT molecular complexity index is 112. The molecule has 0 atom stereocenters. The molecular weight excluding hydrogens is 110 g/mol. The molecule has 0 radical (unpaired) electrons. The number of hydrogen-bond acceptors (Lipinski definition) is 1. The van der Waals surface area contributed by atoms with Crippen LogP contribution in [0, 0.1) is 0 Å². The predicted molar refractivity (Wildman–Crippen MR) is 41.0 cm³/mol. The first-order valence-corrected chi connectivity index (χ1v) is 3.86. The summed E-state index contributed by atoms with van der Waals surface area (Å²) in [6, 6.07) is 0.699. The molecular formula is C8H15N.